The van der Waals surface area contributed by atoms with E-state index in [0.29, 0.717) is 0 Å². The Morgan fingerprint density at radius 1 is 1.27 bits per heavy atom. The first-order chi connectivity index (χ1) is 7.35. The highest BCUT2D eigenvalue weighted by Gasteiger charge is 2.05. The van der Waals surface area contributed by atoms with E-state index < -0.39 is 0 Å². The molecule has 2 aromatic rings. The van der Waals surface area contributed by atoms with Crippen molar-refractivity contribution in [3.63, 3.8) is 0 Å². The Labute approximate surface area is 90.3 Å². The molecule has 2 heteroatoms. The first kappa shape index (κ1) is 10.2. The molecule has 0 amide bonds. The molecule has 0 aliphatic heterocycles. The number of nitrogens with one attached hydrogen (secondary N) is 1. The van der Waals surface area contributed by atoms with E-state index in [0.717, 1.165) is 25.1 Å². The molecule has 0 spiro atoms. The van der Waals surface area contributed by atoms with Gasteiger partial charge in [-0.15, -0.1) is 0 Å². The number of hydrogen-bond acceptors (Lipinski definition) is 2. The number of benzene rings is 1. The second-order valence-corrected chi connectivity index (χ2v) is 3.73. The summed E-state index contributed by atoms with van der Waals surface area (Å²) < 4.78 is 5.51. The summed E-state index contributed by atoms with van der Waals surface area (Å²) in [5.74, 6) is 0. The van der Waals surface area contributed by atoms with Gasteiger partial charge < -0.3 is 9.73 Å². The zero-order valence-corrected chi connectivity index (χ0v) is 9.34. The summed E-state index contributed by atoms with van der Waals surface area (Å²) in [6.07, 6.45) is 2.93. The second-order valence-electron chi connectivity index (χ2n) is 3.73. The van der Waals surface area contributed by atoms with Gasteiger partial charge in [-0.05, 0) is 30.7 Å². The van der Waals surface area contributed by atoms with E-state index in [2.05, 4.69) is 37.4 Å². The molecule has 2 nitrogen and oxygen atoms in total. The van der Waals surface area contributed by atoms with E-state index in [9.17, 15) is 0 Å². The van der Waals surface area contributed by atoms with Crippen LogP contribution < -0.4 is 5.32 Å². The Kier molecular flexibility index (Phi) is 3.07. The zero-order chi connectivity index (χ0) is 10.7. The fourth-order valence-electron chi connectivity index (χ4n) is 1.75. The highest BCUT2D eigenvalue weighted by atomic mass is 16.3. The maximum absolute atomic E-state index is 5.51. The molecule has 1 aromatic carbocycles. The molecule has 1 heterocycles. The van der Waals surface area contributed by atoms with Crippen LogP contribution in [0.4, 0.5) is 0 Å². The van der Waals surface area contributed by atoms with Crippen molar-refractivity contribution < 1.29 is 4.42 Å². The Morgan fingerprint density at radius 3 is 2.87 bits per heavy atom. The van der Waals surface area contributed by atoms with Crippen molar-refractivity contribution in [1.29, 1.82) is 0 Å². The predicted octanol–water partition coefficient (Wildman–Crippen LogP) is 3.10. The van der Waals surface area contributed by atoms with Crippen molar-refractivity contribution in [2.24, 2.45) is 0 Å². The average molecular weight is 203 g/mol. The van der Waals surface area contributed by atoms with Crippen molar-refractivity contribution in [1.82, 2.24) is 5.32 Å². The first-order valence-electron chi connectivity index (χ1n) is 5.54. The predicted molar refractivity (Wildman–Crippen MR) is 63.0 cm³/mol. The molecule has 0 fully saturated rings. The smallest absolute Gasteiger partial charge is 0.134 e. The molecule has 0 bridgehead atoms. The van der Waals surface area contributed by atoms with Crippen LogP contribution in [0.2, 0.25) is 0 Å². The van der Waals surface area contributed by atoms with Crippen LogP contribution in [0.3, 0.4) is 0 Å². The minimum absolute atomic E-state index is 0.886. The fourth-order valence-corrected chi connectivity index (χ4v) is 1.75. The van der Waals surface area contributed by atoms with Crippen LogP contribution in [0.1, 0.15) is 25.0 Å². The molecule has 15 heavy (non-hydrogen) atoms. The zero-order valence-electron chi connectivity index (χ0n) is 9.34. The average Bonchev–Trinajstić information content (AvgIpc) is 2.68. The highest BCUT2D eigenvalue weighted by Crippen LogP contribution is 2.22. The molecule has 0 radical (unpaired) electrons. The number of fused-ring (bicyclic) bond motifs is 1. The molecule has 0 aliphatic rings. The van der Waals surface area contributed by atoms with Gasteiger partial charge in [0.1, 0.15) is 5.58 Å². The van der Waals surface area contributed by atoms with Gasteiger partial charge in [0.25, 0.3) is 0 Å². The Bertz CT molecular complexity index is 445. The summed E-state index contributed by atoms with van der Waals surface area (Å²) in [7, 11) is 0. The summed E-state index contributed by atoms with van der Waals surface area (Å²) in [6.45, 7) is 6.15. The number of furan rings is 1. The lowest BCUT2D eigenvalue weighted by Gasteiger charge is -2.00. The molecule has 0 unspecified atom stereocenters. The molecule has 0 saturated carbocycles. The van der Waals surface area contributed by atoms with Gasteiger partial charge in [0.15, 0.2) is 0 Å². The highest BCUT2D eigenvalue weighted by molar-refractivity contribution is 5.81. The number of rotatable bonds is 4. The molecular formula is C13H17NO. The van der Waals surface area contributed by atoms with E-state index in [1.165, 1.54) is 16.5 Å². The van der Waals surface area contributed by atoms with Crippen molar-refractivity contribution in [2.75, 3.05) is 6.54 Å². The van der Waals surface area contributed by atoms with Crippen molar-refractivity contribution >= 4 is 11.0 Å². The van der Waals surface area contributed by atoms with Gasteiger partial charge in [-0.2, -0.15) is 0 Å². The van der Waals surface area contributed by atoms with E-state index >= 15 is 0 Å². The molecule has 80 valence electrons. The van der Waals surface area contributed by atoms with Gasteiger partial charge >= 0.3 is 0 Å². The van der Waals surface area contributed by atoms with Crippen molar-refractivity contribution in [3.8, 4) is 0 Å². The van der Waals surface area contributed by atoms with Crippen LogP contribution in [0, 0.1) is 0 Å². The van der Waals surface area contributed by atoms with Crippen molar-refractivity contribution in [3.05, 3.63) is 35.6 Å². The van der Waals surface area contributed by atoms with Gasteiger partial charge in [-0.25, -0.2) is 0 Å². The maximum atomic E-state index is 5.51. The molecule has 0 atom stereocenters. The molecule has 0 saturated heterocycles. The van der Waals surface area contributed by atoms with E-state index in [1.54, 1.807) is 0 Å². The molecular weight excluding hydrogens is 186 g/mol. The summed E-state index contributed by atoms with van der Waals surface area (Å²) in [6, 6.07) is 6.41. The van der Waals surface area contributed by atoms with Gasteiger partial charge in [0, 0.05) is 17.5 Å². The third kappa shape index (κ3) is 2.05. The SMILES string of the molecule is CCNCc1coc2ccc(CC)cc12. The maximum Gasteiger partial charge on any atom is 0.134 e. The topological polar surface area (TPSA) is 25.2 Å². The van der Waals surface area contributed by atoms with Gasteiger partial charge in [0.2, 0.25) is 0 Å². The summed E-state index contributed by atoms with van der Waals surface area (Å²) >= 11 is 0. The third-order valence-corrected chi connectivity index (χ3v) is 2.69. The van der Waals surface area contributed by atoms with E-state index in [1.807, 2.05) is 6.26 Å². The minimum Gasteiger partial charge on any atom is -0.464 e. The fraction of sp³-hybridized carbons (Fsp3) is 0.385. The van der Waals surface area contributed by atoms with Gasteiger partial charge in [0.05, 0.1) is 6.26 Å². The standard InChI is InChI=1S/C13H17NO/c1-3-10-5-6-13-12(7-10)11(9-15-13)8-14-4-2/h5-7,9,14H,3-4,8H2,1-2H3. The Morgan fingerprint density at radius 2 is 2.13 bits per heavy atom. The largest absolute Gasteiger partial charge is 0.464 e. The summed E-state index contributed by atoms with van der Waals surface area (Å²) in [5.41, 5.74) is 3.60. The van der Waals surface area contributed by atoms with Crippen LogP contribution in [0.25, 0.3) is 11.0 Å². The van der Waals surface area contributed by atoms with Crippen molar-refractivity contribution in [2.45, 2.75) is 26.8 Å². The van der Waals surface area contributed by atoms with Crippen LogP contribution in [0.5, 0.6) is 0 Å². The lowest BCUT2D eigenvalue weighted by atomic mass is 10.1. The van der Waals surface area contributed by atoms with Crippen LogP contribution in [-0.4, -0.2) is 6.54 Å². The number of hydrogen-bond donors (Lipinski definition) is 1. The molecule has 0 aliphatic carbocycles. The Hall–Kier alpha value is -1.28. The summed E-state index contributed by atoms with van der Waals surface area (Å²) in [5, 5.41) is 4.57. The first-order valence-corrected chi connectivity index (χ1v) is 5.54. The molecule has 2 rings (SSSR count). The van der Waals surface area contributed by atoms with Crippen LogP contribution >= 0.6 is 0 Å². The van der Waals surface area contributed by atoms with Gasteiger partial charge in [-0.3, -0.25) is 0 Å². The lowest BCUT2D eigenvalue weighted by molar-refractivity contribution is 0.604. The van der Waals surface area contributed by atoms with Gasteiger partial charge in [-0.1, -0.05) is 19.9 Å². The lowest BCUT2D eigenvalue weighted by Crippen LogP contribution is -2.11. The van der Waals surface area contributed by atoms with Crippen LogP contribution in [0.15, 0.2) is 28.9 Å². The van der Waals surface area contributed by atoms with E-state index in [4.69, 9.17) is 4.42 Å². The van der Waals surface area contributed by atoms with Crippen LogP contribution in [-0.2, 0) is 13.0 Å². The Balaban J connectivity index is 2.38. The monoisotopic (exact) mass is 203 g/mol. The normalized spacial score (nSPS) is 11.1. The minimum atomic E-state index is 0.886. The number of aryl methyl sites for hydroxylation is 1. The summed E-state index contributed by atoms with van der Waals surface area (Å²) in [4.78, 5) is 0. The quantitative estimate of drug-likeness (QED) is 0.826. The van der Waals surface area contributed by atoms with E-state index in [-0.39, 0.29) is 0 Å². The molecule has 1 aromatic heterocycles. The third-order valence-electron chi connectivity index (χ3n) is 2.69. The molecule has 1 N–H and O–H groups in total. The second kappa shape index (κ2) is 4.49.